The maximum Gasteiger partial charge on any atom is 0.133 e. The van der Waals surface area contributed by atoms with E-state index in [4.69, 9.17) is 0 Å². The summed E-state index contributed by atoms with van der Waals surface area (Å²) in [4.78, 5) is 0. The molecule has 1 N–H and O–H groups in total. The first-order valence-corrected chi connectivity index (χ1v) is 9.49. The van der Waals surface area contributed by atoms with Gasteiger partial charge in [0.05, 0.1) is 23.7 Å². The van der Waals surface area contributed by atoms with Crippen molar-refractivity contribution in [3.05, 3.63) is 48.0 Å². The molecule has 0 saturated carbocycles. The van der Waals surface area contributed by atoms with E-state index < -0.39 is 6.10 Å². The number of halogens is 2. The molecular weight excluding hydrogens is 342 g/mol. The third kappa shape index (κ3) is 3.26. The number of nitrogens with zero attached hydrogens (tertiary/aromatic N) is 2. The number of hydrogen-bond donors (Lipinski definition) is 1. The number of β-amino-alcohol motifs (C(OH)–C–C–N with tert-alkyl or cyclic N) is 1. The molecule has 1 saturated heterocycles. The van der Waals surface area contributed by atoms with E-state index >= 15 is 0 Å². The second-order valence-corrected chi connectivity index (χ2v) is 7.67. The predicted octanol–water partition coefficient (Wildman–Crippen LogP) is 4.18. The van der Waals surface area contributed by atoms with Crippen LogP contribution in [-0.2, 0) is 6.54 Å². The van der Waals surface area contributed by atoms with Gasteiger partial charge in [-0.3, -0.25) is 0 Å². The van der Waals surface area contributed by atoms with Crippen LogP contribution in [0.1, 0.15) is 12.8 Å². The van der Waals surface area contributed by atoms with Gasteiger partial charge in [0.1, 0.15) is 11.6 Å². The smallest absolute Gasteiger partial charge is 0.133 e. The van der Waals surface area contributed by atoms with E-state index in [0.717, 1.165) is 18.7 Å². The molecule has 1 aliphatic heterocycles. The van der Waals surface area contributed by atoms with Crippen molar-refractivity contribution in [3.63, 3.8) is 0 Å². The van der Waals surface area contributed by atoms with Gasteiger partial charge < -0.3 is 9.67 Å². The van der Waals surface area contributed by atoms with Crippen molar-refractivity contribution in [2.75, 3.05) is 18.8 Å². The lowest BCUT2D eigenvalue weighted by Crippen LogP contribution is -2.33. The third-order valence-corrected chi connectivity index (χ3v) is 5.85. The zero-order valence-corrected chi connectivity index (χ0v) is 14.6. The molecule has 25 heavy (non-hydrogen) atoms. The highest BCUT2D eigenvalue weighted by atomic mass is 32.2. The Morgan fingerprint density at radius 2 is 1.96 bits per heavy atom. The van der Waals surface area contributed by atoms with Crippen LogP contribution in [0.2, 0.25) is 0 Å². The van der Waals surface area contributed by atoms with Gasteiger partial charge in [0, 0.05) is 29.6 Å². The molecule has 0 bridgehead atoms. The van der Waals surface area contributed by atoms with Gasteiger partial charge in [0.15, 0.2) is 0 Å². The third-order valence-electron chi connectivity index (χ3n) is 4.69. The van der Waals surface area contributed by atoms with Crippen molar-refractivity contribution < 1.29 is 13.9 Å². The first-order chi connectivity index (χ1) is 12.1. The zero-order chi connectivity index (χ0) is 17.4. The fraction of sp³-hybridized carbons (Fsp3) is 0.368. The molecule has 1 fully saturated rings. The Labute approximate surface area is 149 Å². The van der Waals surface area contributed by atoms with Crippen molar-refractivity contribution in [2.45, 2.75) is 25.5 Å². The average Bonchev–Trinajstić information content (AvgIpc) is 2.90. The molecule has 0 radical (unpaired) electrons. The summed E-state index contributed by atoms with van der Waals surface area (Å²) in [6, 6.07) is 9.25. The van der Waals surface area contributed by atoms with Crippen LogP contribution in [0.15, 0.2) is 36.4 Å². The van der Waals surface area contributed by atoms with E-state index in [1.807, 2.05) is 10.6 Å². The van der Waals surface area contributed by atoms with Gasteiger partial charge in [-0.15, -0.1) is 0 Å². The minimum absolute atomic E-state index is 0.309. The van der Waals surface area contributed by atoms with Gasteiger partial charge in [0.2, 0.25) is 0 Å². The summed E-state index contributed by atoms with van der Waals surface area (Å²) in [5, 5.41) is 11.7. The molecule has 1 unspecified atom stereocenters. The topological polar surface area (TPSA) is 28.4 Å². The maximum atomic E-state index is 14.4. The van der Waals surface area contributed by atoms with Crippen LogP contribution >= 0.6 is 11.9 Å². The van der Waals surface area contributed by atoms with Gasteiger partial charge in [-0.1, -0.05) is 18.0 Å². The summed E-state index contributed by atoms with van der Waals surface area (Å²) in [5.74, 6) is 0.394. The molecule has 0 amide bonds. The molecule has 1 aromatic heterocycles. The molecule has 3 aromatic rings. The Morgan fingerprint density at radius 3 is 2.76 bits per heavy atom. The van der Waals surface area contributed by atoms with Crippen LogP contribution < -0.4 is 0 Å². The summed E-state index contributed by atoms with van der Waals surface area (Å²) in [7, 11) is 0. The Morgan fingerprint density at radius 1 is 1.08 bits per heavy atom. The minimum Gasteiger partial charge on any atom is -0.390 e. The Kier molecular flexibility index (Phi) is 4.67. The van der Waals surface area contributed by atoms with Crippen LogP contribution in [0.3, 0.4) is 0 Å². The van der Waals surface area contributed by atoms with E-state index in [9.17, 15) is 13.9 Å². The molecule has 132 valence electrons. The van der Waals surface area contributed by atoms with E-state index in [1.54, 1.807) is 24.1 Å². The van der Waals surface area contributed by atoms with E-state index in [-0.39, 0.29) is 11.6 Å². The fourth-order valence-electron chi connectivity index (χ4n) is 3.57. The van der Waals surface area contributed by atoms with Crippen LogP contribution in [0, 0.1) is 11.6 Å². The lowest BCUT2D eigenvalue weighted by molar-refractivity contribution is 0.132. The fourth-order valence-corrected chi connectivity index (χ4v) is 4.69. The number of hydrogen-bond acceptors (Lipinski definition) is 3. The molecule has 4 rings (SSSR count). The first-order valence-electron chi connectivity index (χ1n) is 8.55. The lowest BCUT2D eigenvalue weighted by Gasteiger charge is -2.27. The van der Waals surface area contributed by atoms with E-state index in [0.29, 0.717) is 34.9 Å². The normalized spacial score (nSPS) is 17.4. The summed E-state index contributed by atoms with van der Waals surface area (Å²) in [6.07, 6.45) is 1.75. The van der Waals surface area contributed by atoms with Crippen molar-refractivity contribution >= 4 is 33.8 Å². The van der Waals surface area contributed by atoms with E-state index in [1.165, 1.54) is 24.6 Å². The number of fused-ring (bicyclic) bond motifs is 3. The second kappa shape index (κ2) is 6.94. The van der Waals surface area contributed by atoms with Gasteiger partial charge in [0.25, 0.3) is 0 Å². The zero-order valence-electron chi connectivity index (χ0n) is 13.8. The van der Waals surface area contributed by atoms with Crippen LogP contribution in [0.4, 0.5) is 8.78 Å². The van der Waals surface area contributed by atoms with Crippen LogP contribution in [-0.4, -0.2) is 38.9 Å². The highest BCUT2D eigenvalue weighted by Crippen LogP contribution is 2.32. The van der Waals surface area contributed by atoms with Gasteiger partial charge >= 0.3 is 0 Å². The van der Waals surface area contributed by atoms with Gasteiger partial charge in [-0.05, 0) is 43.2 Å². The Bertz CT molecular complexity index is 905. The second-order valence-electron chi connectivity index (χ2n) is 6.49. The predicted molar refractivity (Wildman–Crippen MR) is 98.6 cm³/mol. The summed E-state index contributed by atoms with van der Waals surface area (Å²) >= 11 is 1.76. The SMILES string of the molecule is OC(CN1CCCCS1)Cn1c2cc(F)ccc2c2c(F)cccc21. The van der Waals surface area contributed by atoms with Gasteiger partial charge in [-0.25, -0.2) is 13.1 Å². The highest BCUT2D eigenvalue weighted by Gasteiger charge is 2.19. The largest absolute Gasteiger partial charge is 0.390 e. The highest BCUT2D eigenvalue weighted by molar-refractivity contribution is 7.97. The molecule has 0 spiro atoms. The number of aliphatic hydroxyl groups is 1. The van der Waals surface area contributed by atoms with Crippen molar-refractivity contribution in [2.24, 2.45) is 0 Å². The summed E-state index contributed by atoms with van der Waals surface area (Å²) in [5.41, 5.74) is 1.30. The monoisotopic (exact) mass is 362 g/mol. The van der Waals surface area contributed by atoms with Crippen LogP contribution in [0.25, 0.3) is 21.8 Å². The molecule has 1 aliphatic rings. The number of benzene rings is 2. The molecule has 6 heteroatoms. The summed E-state index contributed by atoms with van der Waals surface area (Å²) < 4.78 is 32.1. The summed E-state index contributed by atoms with van der Waals surface area (Å²) in [6.45, 7) is 1.83. The Balaban J connectivity index is 1.71. The Hall–Kier alpha value is -1.63. The van der Waals surface area contributed by atoms with Crippen molar-refractivity contribution in [1.29, 1.82) is 0 Å². The van der Waals surface area contributed by atoms with Crippen molar-refractivity contribution in [1.82, 2.24) is 8.87 Å². The molecule has 3 nitrogen and oxygen atoms in total. The molecule has 0 aliphatic carbocycles. The number of rotatable bonds is 4. The standard InChI is InChI=1S/C19H20F2N2OS/c20-13-6-7-15-18(10-13)23(17-5-3-4-16(21)19(15)17)12-14(24)11-22-8-1-2-9-25-22/h3-7,10,14,24H,1-2,8-9,11-12H2. The molecule has 1 atom stereocenters. The van der Waals surface area contributed by atoms with Crippen molar-refractivity contribution in [3.8, 4) is 0 Å². The molecule has 2 heterocycles. The number of aromatic nitrogens is 1. The number of aliphatic hydroxyl groups excluding tert-OH is 1. The van der Waals surface area contributed by atoms with Gasteiger partial charge in [-0.2, -0.15) is 0 Å². The maximum absolute atomic E-state index is 14.4. The lowest BCUT2D eigenvalue weighted by atomic mass is 10.1. The molecular formula is C19H20F2N2OS. The molecule has 2 aromatic carbocycles. The quantitative estimate of drug-likeness (QED) is 0.706. The average molecular weight is 362 g/mol. The van der Waals surface area contributed by atoms with Crippen LogP contribution in [0.5, 0.6) is 0 Å². The van der Waals surface area contributed by atoms with E-state index in [2.05, 4.69) is 4.31 Å². The minimum atomic E-state index is -0.601. The first kappa shape index (κ1) is 16.8.